The summed E-state index contributed by atoms with van der Waals surface area (Å²) in [5, 5.41) is 2.87. The normalized spacial score (nSPS) is 17.1. The maximum atomic E-state index is 12.9. The number of nitrogens with zero attached hydrogens (tertiary/aromatic N) is 2. The van der Waals surface area contributed by atoms with E-state index in [9.17, 15) is 9.59 Å². The fourth-order valence-electron chi connectivity index (χ4n) is 4.03. The predicted molar refractivity (Wildman–Crippen MR) is 110 cm³/mol. The molecule has 2 heterocycles. The molecule has 2 aromatic carbocycles. The van der Waals surface area contributed by atoms with Crippen molar-refractivity contribution in [3.05, 3.63) is 65.2 Å². The molecule has 0 atom stereocenters. The van der Waals surface area contributed by atoms with Crippen molar-refractivity contribution in [2.45, 2.75) is 25.7 Å². The molecule has 2 aliphatic rings. The van der Waals surface area contributed by atoms with E-state index < -0.39 is 0 Å². The lowest BCUT2D eigenvalue weighted by Crippen LogP contribution is -2.48. The average Bonchev–Trinajstić information content (AvgIpc) is 2.74. The van der Waals surface area contributed by atoms with E-state index in [4.69, 9.17) is 0 Å². The monoisotopic (exact) mass is 377 g/mol. The van der Waals surface area contributed by atoms with Gasteiger partial charge in [0, 0.05) is 43.9 Å². The molecule has 0 aromatic heterocycles. The van der Waals surface area contributed by atoms with Crippen LogP contribution in [-0.2, 0) is 17.6 Å². The number of amides is 2. The van der Waals surface area contributed by atoms with Crippen LogP contribution in [0.4, 0.5) is 5.69 Å². The van der Waals surface area contributed by atoms with Crippen LogP contribution in [0, 0.1) is 0 Å². The minimum Gasteiger partial charge on any atom is -0.336 e. The third-order valence-corrected chi connectivity index (χ3v) is 5.69. The molecule has 0 saturated carbocycles. The Morgan fingerprint density at radius 1 is 0.964 bits per heavy atom. The Morgan fingerprint density at radius 2 is 1.75 bits per heavy atom. The van der Waals surface area contributed by atoms with Crippen molar-refractivity contribution in [3.63, 3.8) is 0 Å². The summed E-state index contributed by atoms with van der Waals surface area (Å²) in [6.45, 7) is 4.49. The van der Waals surface area contributed by atoms with Gasteiger partial charge < -0.3 is 10.2 Å². The molecule has 0 aliphatic carbocycles. The minimum absolute atomic E-state index is 0.0509. The number of carbonyl (C=O) groups is 2. The van der Waals surface area contributed by atoms with Crippen LogP contribution >= 0.6 is 0 Å². The summed E-state index contributed by atoms with van der Waals surface area (Å²) >= 11 is 0. The molecule has 1 fully saturated rings. The Bertz CT molecular complexity index is 842. The molecule has 4 rings (SSSR count). The topological polar surface area (TPSA) is 52.7 Å². The van der Waals surface area contributed by atoms with Crippen molar-refractivity contribution < 1.29 is 9.59 Å². The first-order valence-electron chi connectivity index (χ1n) is 10.2. The van der Waals surface area contributed by atoms with Crippen LogP contribution in [0.15, 0.2) is 48.5 Å². The standard InChI is InChI=1S/C23H27N3O2/c27-22-11-9-19-17-20(8-10-21(19)24-22)23(28)26-15-13-25(14-16-26)12-4-7-18-5-2-1-3-6-18/h1-3,5-6,8,10,17H,4,7,9,11-16H2,(H,24,27). The van der Waals surface area contributed by atoms with Crippen LogP contribution in [-0.4, -0.2) is 54.3 Å². The molecule has 5 nitrogen and oxygen atoms in total. The van der Waals surface area contributed by atoms with Gasteiger partial charge >= 0.3 is 0 Å². The smallest absolute Gasteiger partial charge is 0.253 e. The van der Waals surface area contributed by atoms with E-state index >= 15 is 0 Å². The number of anilines is 1. The van der Waals surface area contributed by atoms with Crippen molar-refractivity contribution in [2.75, 3.05) is 38.0 Å². The van der Waals surface area contributed by atoms with Crippen LogP contribution in [0.1, 0.15) is 34.3 Å². The molecule has 1 N–H and O–H groups in total. The first kappa shape index (κ1) is 18.7. The zero-order valence-electron chi connectivity index (χ0n) is 16.2. The van der Waals surface area contributed by atoms with Crippen LogP contribution in [0.5, 0.6) is 0 Å². The van der Waals surface area contributed by atoms with Gasteiger partial charge in [0.15, 0.2) is 0 Å². The highest BCUT2D eigenvalue weighted by molar-refractivity contribution is 5.98. The number of aryl methyl sites for hydroxylation is 2. The maximum absolute atomic E-state index is 12.9. The summed E-state index contributed by atoms with van der Waals surface area (Å²) in [5.74, 6) is 0.151. The number of piperazine rings is 1. The first-order chi connectivity index (χ1) is 13.7. The Kier molecular flexibility index (Phi) is 5.72. The van der Waals surface area contributed by atoms with E-state index in [-0.39, 0.29) is 11.8 Å². The Hall–Kier alpha value is -2.66. The highest BCUT2D eigenvalue weighted by Gasteiger charge is 2.23. The summed E-state index contributed by atoms with van der Waals surface area (Å²) in [4.78, 5) is 28.8. The molecule has 0 radical (unpaired) electrons. The van der Waals surface area contributed by atoms with Crippen molar-refractivity contribution in [3.8, 4) is 0 Å². The van der Waals surface area contributed by atoms with Crippen molar-refractivity contribution in [1.29, 1.82) is 0 Å². The Labute approximate surface area is 166 Å². The van der Waals surface area contributed by atoms with Gasteiger partial charge in [-0.2, -0.15) is 0 Å². The second kappa shape index (κ2) is 8.57. The average molecular weight is 377 g/mol. The number of fused-ring (bicyclic) bond motifs is 1. The molecule has 5 heteroatoms. The maximum Gasteiger partial charge on any atom is 0.253 e. The summed E-state index contributed by atoms with van der Waals surface area (Å²) in [6.07, 6.45) is 3.45. The van der Waals surface area contributed by atoms with Gasteiger partial charge in [0.25, 0.3) is 5.91 Å². The van der Waals surface area contributed by atoms with Gasteiger partial charge in [-0.1, -0.05) is 30.3 Å². The number of hydrogen-bond acceptors (Lipinski definition) is 3. The van der Waals surface area contributed by atoms with E-state index in [2.05, 4.69) is 40.5 Å². The van der Waals surface area contributed by atoms with Crippen molar-refractivity contribution in [2.24, 2.45) is 0 Å². The van der Waals surface area contributed by atoms with Gasteiger partial charge in [-0.3, -0.25) is 14.5 Å². The SMILES string of the molecule is O=C1CCc2cc(C(=O)N3CCN(CCCc4ccccc4)CC3)ccc2N1. The van der Waals surface area contributed by atoms with Crippen molar-refractivity contribution in [1.82, 2.24) is 9.80 Å². The fourth-order valence-corrected chi connectivity index (χ4v) is 4.03. The van der Waals surface area contributed by atoms with Crippen LogP contribution in [0.3, 0.4) is 0 Å². The van der Waals surface area contributed by atoms with Gasteiger partial charge in [-0.05, 0) is 55.1 Å². The minimum atomic E-state index is 0.0509. The van der Waals surface area contributed by atoms with Gasteiger partial charge in [0.1, 0.15) is 0 Å². The number of hydrogen-bond donors (Lipinski definition) is 1. The van der Waals surface area contributed by atoms with E-state index in [1.54, 1.807) is 0 Å². The Morgan fingerprint density at radius 3 is 2.54 bits per heavy atom. The number of carbonyl (C=O) groups excluding carboxylic acids is 2. The van der Waals surface area contributed by atoms with E-state index in [0.29, 0.717) is 12.8 Å². The molecule has 1 saturated heterocycles. The summed E-state index contributed by atoms with van der Waals surface area (Å²) in [5.41, 5.74) is 4.02. The Balaban J connectivity index is 1.26. The third kappa shape index (κ3) is 4.42. The van der Waals surface area contributed by atoms with Crippen LogP contribution < -0.4 is 5.32 Å². The molecule has 146 valence electrons. The second-order valence-corrected chi connectivity index (χ2v) is 7.64. The van der Waals surface area contributed by atoms with E-state index in [0.717, 1.165) is 62.4 Å². The second-order valence-electron chi connectivity index (χ2n) is 7.64. The largest absolute Gasteiger partial charge is 0.336 e. The lowest BCUT2D eigenvalue weighted by atomic mass is 10.00. The molecular weight excluding hydrogens is 350 g/mol. The van der Waals surface area contributed by atoms with Gasteiger partial charge in [0.05, 0.1) is 0 Å². The first-order valence-corrected chi connectivity index (χ1v) is 10.2. The highest BCUT2D eigenvalue weighted by Crippen LogP contribution is 2.24. The van der Waals surface area contributed by atoms with Gasteiger partial charge in [-0.25, -0.2) is 0 Å². The molecule has 0 unspecified atom stereocenters. The molecule has 2 aromatic rings. The van der Waals surface area contributed by atoms with E-state index in [1.165, 1.54) is 5.56 Å². The van der Waals surface area contributed by atoms with E-state index in [1.807, 2.05) is 23.1 Å². The van der Waals surface area contributed by atoms with Gasteiger partial charge in [0.2, 0.25) is 5.91 Å². The summed E-state index contributed by atoms with van der Waals surface area (Å²) in [6, 6.07) is 16.2. The number of benzene rings is 2. The molecular formula is C23H27N3O2. The summed E-state index contributed by atoms with van der Waals surface area (Å²) in [7, 11) is 0. The van der Waals surface area contributed by atoms with Gasteiger partial charge in [-0.15, -0.1) is 0 Å². The molecule has 0 bridgehead atoms. The third-order valence-electron chi connectivity index (χ3n) is 5.69. The number of rotatable bonds is 5. The number of nitrogens with one attached hydrogen (secondary N) is 1. The quantitative estimate of drug-likeness (QED) is 0.872. The zero-order valence-corrected chi connectivity index (χ0v) is 16.2. The van der Waals surface area contributed by atoms with Crippen LogP contribution in [0.2, 0.25) is 0 Å². The lowest BCUT2D eigenvalue weighted by Gasteiger charge is -2.35. The predicted octanol–water partition coefficient (Wildman–Crippen LogP) is 2.96. The molecule has 0 spiro atoms. The molecule has 2 amide bonds. The summed E-state index contributed by atoms with van der Waals surface area (Å²) < 4.78 is 0. The molecule has 28 heavy (non-hydrogen) atoms. The van der Waals surface area contributed by atoms with Crippen LogP contribution in [0.25, 0.3) is 0 Å². The molecule has 2 aliphatic heterocycles. The van der Waals surface area contributed by atoms with Crippen molar-refractivity contribution >= 4 is 17.5 Å². The highest BCUT2D eigenvalue weighted by atomic mass is 16.2. The zero-order chi connectivity index (χ0) is 19.3. The lowest BCUT2D eigenvalue weighted by molar-refractivity contribution is -0.116. The fraction of sp³-hybridized carbons (Fsp3) is 0.391.